The largest absolute Gasteiger partial charge is 0.496 e. The van der Waals surface area contributed by atoms with Gasteiger partial charge in [0.05, 0.1) is 18.3 Å². The van der Waals surface area contributed by atoms with E-state index in [-0.39, 0.29) is 4.08 Å². The minimum absolute atomic E-state index is 0.207. The molecule has 1 heterocycles. The fraction of sp³-hybridized carbons (Fsp3) is 0.667. The first kappa shape index (κ1) is 33.2. The van der Waals surface area contributed by atoms with Gasteiger partial charge in [0.2, 0.25) is 0 Å². The molecule has 3 rings (SSSR count). The molecule has 0 saturated carbocycles. The van der Waals surface area contributed by atoms with Gasteiger partial charge in [-0.3, -0.25) is 0 Å². The van der Waals surface area contributed by atoms with Gasteiger partial charge in [-0.2, -0.15) is 0 Å². The van der Waals surface area contributed by atoms with Crippen molar-refractivity contribution in [2.24, 2.45) is 17.8 Å². The molecule has 224 valence electrons. The Morgan fingerprint density at radius 2 is 1.40 bits per heavy atom. The first-order valence-electron chi connectivity index (χ1n) is 15.8. The average Bonchev–Trinajstić information content (AvgIpc) is 2.95. The highest BCUT2D eigenvalue weighted by atomic mass is 32.2. The summed E-state index contributed by atoms with van der Waals surface area (Å²) in [5.74, 6) is 7.01. The molecular formula is C36H56O2S2. The third-order valence-corrected chi connectivity index (χ3v) is 12.6. The van der Waals surface area contributed by atoms with Gasteiger partial charge in [-0.15, -0.1) is 23.5 Å². The monoisotopic (exact) mass is 584 g/mol. The Bertz CT molecular complexity index is 1080. The predicted molar refractivity (Wildman–Crippen MR) is 182 cm³/mol. The van der Waals surface area contributed by atoms with Crippen molar-refractivity contribution in [2.75, 3.05) is 25.7 Å². The number of allylic oxidation sites excluding steroid dienone is 1. The van der Waals surface area contributed by atoms with E-state index in [1.807, 2.05) is 0 Å². The molecular weight excluding hydrogens is 529 g/mol. The summed E-state index contributed by atoms with van der Waals surface area (Å²) < 4.78 is 12.1. The molecule has 0 spiro atoms. The van der Waals surface area contributed by atoms with Crippen LogP contribution >= 0.6 is 23.5 Å². The van der Waals surface area contributed by atoms with Gasteiger partial charge < -0.3 is 9.47 Å². The number of ether oxygens (including phenoxy) is 2. The van der Waals surface area contributed by atoms with E-state index in [1.54, 1.807) is 14.2 Å². The summed E-state index contributed by atoms with van der Waals surface area (Å²) >= 11 is 4.40. The zero-order valence-corrected chi connectivity index (χ0v) is 28.4. The Morgan fingerprint density at radius 1 is 0.850 bits per heavy atom. The molecule has 0 radical (unpaired) electrons. The van der Waals surface area contributed by atoms with Crippen LogP contribution in [0.4, 0.5) is 0 Å². The zero-order valence-electron chi connectivity index (χ0n) is 26.7. The van der Waals surface area contributed by atoms with Crippen molar-refractivity contribution in [3.63, 3.8) is 0 Å². The summed E-state index contributed by atoms with van der Waals surface area (Å²) in [6.07, 6.45) is 15.6. The van der Waals surface area contributed by atoms with Crippen LogP contribution in [-0.4, -0.2) is 29.8 Å². The molecule has 4 heteroatoms. The van der Waals surface area contributed by atoms with Gasteiger partial charge in [-0.05, 0) is 74.4 Å². The van der Waals surface area contributed by atoms with Crippen LogP contribution in [0.15, 0.2) is 35.9 Å². The molecule has 0 bridgehead atoms. The third kappa shape index (κ3) is 8.87. The summed E-state index contributed by atoms with van der Waals surface area (Å²) in [4.78, 5) is 0. The molecule has 40 heavy (non-hydrogen) atoms. The van der Waals surface area contributed by atoms with Crippen LogP contribution in [-0.2, 0) is 6.42 Å². The number of benzene rings is 2. The second-order valence-electron chi connectivity index (χ2n) is 12.6. The first-order chi connectivity index (χ1) is 19.2. The van der Waals surface area contributed by atoms with E-state index < -0.39 is 0 Å². The van der Waals surface area contributed by atoms with Crippen LogP contribution in [0.2, 0.25) is 0 Å². The number of fused-ring (bicyclic) bond motifs is 1. The van der Waals surface area contributed by atoms with E-state index in [2.05, 4.69) is 95.4 Å². The van der Waals surface area contributed by atoms with Crippen molar-refractivity contribution in [3.05, 3.63) is 47.0 Å². The molecule has 2 aromatic carbocycles. The van der Waals surface area contributed by atoms with E-state index in [1.165, 1.54) is 86.0 Å². The van der Waals surface area contributed by atoms with Crippen LogP contribution in [0, 0.1) is 24.7 Å². The van der Waals surface area contributed by atoms with Crippen molar-refractivity contribution in [1.82, 2.24) is 0 Å². The topological polar surface area (TPSA) is 18.5 Å². The molecule has 2 nitrogen and oxygen atoms in total. The van der Waals surface area contributed by atoms with E-state index in [9.17, 15) is 0 Å². The highest BCUT2D eigenvalue weighted by Crippen LogP contribution is 2.51. The lowest BCUT2D eigenvalue weighted by Crippen LogP contribution is -2.27. The summed E-state index contributed by atoms with van der Waals surface area (Å²) in [5, 5.41) is 2.25. The quantitative estimate of drug-likeness (QED) is 0.183. The van der Waals surface area contributed by atoms with Crippen LogP contribution in [0.5, 0.6) is 11.5 Å². The SMILES string of the molecule is COc1c(C)c(C/C=C(\C)C2(CC[C@H](C)CCC[C@H](C)CCCC(C)C)SCCCS2)c(OC)c2ccccc12. The molecule has 2 aromatic rings. The number of hydrogen-bond acceptors (Lipinski definition) is 4. The van der Waals surface area contributed by atoms with Crippen molar-refractivity contribution >= 4 is 34.3 Å². The van der Waals surface area contributed by atoms with Crippen LogP contribution < -0.4 is 9.47 Å². The summed E-state index contributed by atoms with van der Waals surface area (Å²) in [6, 6.07) is 8.44. The van der Waals surface area contributed by atoms with Crippen LogP contribution in [0.1, 0.15) is 104 Å². The van der Waals surface area contributed by atoms with Gasteiger partial charge in [-0.25, -0.2) is 0 Å². The molecule has 2 atom stereocenters. The minimum atomic E-state index is 0.207. The molecule has 0 N–H and O–H groups in total. The summed E-state index contributed by atoms with van der Waals surface area (Å²) in [5.41, 5.74) is 3.96. The number of thioether (sulfide) groups is 2. The number of hydrogen-bond donors (Lipinski definition) is 0. The van der Waals surface area contributed by atoms with Crippen LogP contribution in [0.25, 0.3) is 10.8 Å². The van der Waals surface area contributed by atoms with E-state index >= 15 is 0 Å². The van der Waals surface area contributed by atoms with Crippen molar-refractivity contribution in [3.8, 4) is 11.5 Å². The molecule has 0 aliphatic carbocycles. The Labute approximate surface area is 254 Å². The maximum Gasteiger partial charge on any atom is 0.130 e. The number of rotatable bonds is 16. The summed E-state index contributed by atoms with van der Waals surface area (Å²) in [6.45, 7) is 14.2. The summed E-state index contributed by atoms with van der Waals surface area (Å²) in [7, 11) is 3.58. The van der Waals surface area contributed by atoms with Crippen LogP contribution in [0.3, 0.4) is 0 Å². The molecule has 0 aromatic heterocycles. The Kier molecular flexibility index (Phi) is 13.6. The average molecular weight is 585 g/mol. The maximum atomic E-state index is 6.01. The molecule has 1 fully saturated rings. The Morgan fingerprint density at radius 3 is 1.98 bits per heavy atom. The minimum Gasteiger partial charge on any atom is -0.496 e. The molecule has 0 unspecified atom stereocenters. The lowest BCUT2D eigenvalue weighted by atomic mass is 9.91. The smallest absolute Gasteiger partial charge is 0.130 e. The normalized spacial score (nSPS) is 17.3. The standard InChI is InChI=1S/C36H56O2S2/c1-26(2)14-11-15-27(3)16-12-17-28(4)22-23-36(39-24-13-25-40-36)29(5)20-21-31-30(6)34(37-7)32-18-9-10-19-33(32)35(31)38-8/h9-10,18-20,26-28H,11-17,21-25H2,1-8H3/b29-20+/t27-,28-/m1/s1. The predicted octanol–water partition coefficient (Wildman–Crippen LogP) is 11.3. The highest BCUT2D eigenvalue weighted by molar-refractivity contribution is 8.19. The fourth-order valence-electron chi connectivity index (χ4n) is 6.26. The molecule has 0 amide bonds. The second-order valence-corrected chi connectivity index (χ2v) is 15.7. The fourth-order valence-corrected chi connectivity index (χ4v) is 9.66. The molecule has 1 aliphatic heterocycles. The second kappa shape index (κ2) is 16.4. The van der Waals surface area contributed by atoms with E-state index in [0.29, 0.717) is 0 Å². The van der Waals surface area contributed by atoms with Gasteiger partial charge in [-0.1, -0.05) is 102 Å². The Hall–Kier alpha value is -1.26. The molecule has 1 aliphatic rings. The van der Waals surface area contributed by atoms with E-state index in [0.717, 1.165) is 46.4 Å². The maximum absolute atomic E-state index is 6.01. The van der Waals surface area contributed by atoms with Gasteiger partial charge in [0.1, 0.15) is 11.5 Å². The molecule has 1 saturated heterocycles. The van der Waals surface area contributed by atoms with Crippen molar-refractivity contribution < 1.29 is 9.47 Å². The zero-order chi connectivity index (χ0) is 29.1. The Balaban J connectivity index is 1.67. The van der Waals surface area contributed by atoms with Gasteiger partial charge in [0, 0.05) is 16.3 Å². The van der Waals surface area contributed by atoms with Gasteiger partial charge in [0.25, 0.3) is 0 Å². The van der Waals surface area contributed by atoms with E-state index in [4.69, 9.17) is 9.47 Å². The lowest BCUT2D eigenvalue weighted by molar-refractivity contribution is 0.388. The number of methoxy groups -OCH3 is 2. The van der Waals surface area contributed by atoms with Gasteiger partial charge >= 0.3 is 0 Å². The first-order valence-corrected chi connectivity index (χ1v) is 17.8. The van der Waals surface area contributed by atoms with Crippen molar-refractivity contribution in [1.29, 1.82) is 0 Å². The highest BCUT2D eigenvalue weighted by Gasteiger charge is 2.35. The van der Waals surface area contributed by atoms with Crippen molar-refractivity contribution in [2.45, 2.75) is 110 Å². The van der Waals surface area contributed by atoms with Gasteiger partial charge in [0.15, 0.2) is 0 Å². The third-order valence-electron chi connectivity index (χ3n) is 8.90. The lowest BCUT2D eigenvalue weighted by Gasteiger charge is -2.38.